The molecular weight excluding hydrogens is 300 g/mol. The molecule has 0 spiro atoms. The highest BCUT2D eigenvalue weighted by Crippen LogP contribution is 2.22. The molecule has 1 N–H and O–H groups in total. The summed E-state index contributed by atoms with van der Waals surface area (Å²) >= 11 is 5.90. The molecule has 0 aliphatic heterocycles. The number of rotatable bonds is 6. The first kappa shape index (κ1) is 16.3. The average molecular weight is 319 g/mol. The third-order valence-corrected chi connectivity index (χ3v) is 3.45. The van der Waals surface area contributed by atoms with Crippen LogP contribution in [0.5, 0.6) is 5.75 Å². The molecule has 2 aromatic rings. The summed E-state index contributed by atoms with van der Waals surface area (Å²) < 4.78 is 5.66. The average Bonchev–Trinajstić information content (AvgIpc) is 2.48. The fourth-order valence-electron chi connectivity index (χ4n) is 2.00. The van der Waals surface area contributed by atoms with Gasteiger partial charge in [0.25, 0.3) is 0 Å². The van der Waals surface area contributed by atoms with Gasteiger partial charge >= 0.3 is 0 Å². The molecule has 5 heteroatoms. The lowest BCUT2D eigenvalue weighted by molar-refractivity contribution is -0.116. The maximum atomic E-state index is 11.9. The molecule has 0 radical (unpaired) electrons. The molecule has 1 aromatic carbocycles. The highest BCUT2D eigenvalue weighted by atomic mass is 35.5. The minimum Gasteiger partial charge on any atom is -0.493 e. The van der Waals surface area contributed by atoms with Gasteiger partial charge in [0.15, 0.2) is 0 Å². The summed E-state index contributed by atoms with van der Waals surface area (Å²) in [5.41, 5.74) is 1.94. The van der Waals surface area contributed by atoms with Crippen LogP contribution in [0.2, 0.25) is 5.02 Å². The number of halogens is 1. The maximum Gasteiger partial charge on any atom is 0.225 e. The van der Waals surface area contributed by atoms with Crippen molar-refractivity contribution in [1.29, 1.82) is 0 Å². The van der Waals surface area contributed by atoms with Crippen molar-refractivity contribution in [3.63, 3.8) is 0 Å². The van der Waals surface area contributed by atoms with Gasteiger partial charge in [-0.05, 0) is 55.7 Å². The van der Waals surface area contributed by atoms with Gasteiger partial charge in [0.1, 0.15) is 11.6 Å². The quantitative estimate of drug-likeness (QED) is 0.814. The molecular formula is C17H19ClN2O2. The van der Waals surface area contributed by atoms with E-state index in [1.807, 2.05) is 38.1 Å². The molecule has 0 atom stereocenters. The Hall–Kier alpha value is -2.07. The van der Waals surface area contributed by atoms with Crippen molar-refractivity contribution in [2.24, 2.45) is 0 Å². The molecule has 2 rings (SSSR count). The van der Waals surface area contributed by atoms with Gasteiger partial charge in [-0.3, -0.25) is 4.79 Å². The lowest BCUT2D eigenvalue weighted by Crippen LogP contribution is -2.14. The van der Waals surface area contributed by atoms with Gasteiger partial charge in [-0.25, -0.2) is 4.98 Å². The third kappa shape index (κ3) is 4.74. The van der Waals surface area contributed by atoms with Gasteiger partial charge in [0.2, 0.25) is 5.91 Å². The summed E-state index contributed by atoms with van der Waals surface area (Å²) in [4.78, 5) is 16.0. The number of benzene rings is 1. The molecule has 1 amide bonds. The van der Waals surface area contributed by atoms with E-state index in [-0.39, 0.29) is 5.91 Å². The Labute approximate surface area is 135 Å². The molecule has 0 saturated heterocycles. The van der Waals surface area contributed by atoms with Crippen LogP contribution in [0.1, 0.15) is 24.0 Å². The van der Waals surface area contributed by atoms with Crippen molar-refractivity contribution < 1.29 is 9.53 Å². The predicted octanol–water partition coefficient (Wildman–Crippen LogP) is 4.15. The van der Waals surface area contributed by atoms with Crippen molar-refractivity contribution in [2.45, 2.75) is 26.7 Å². The van der Waals surface area contributed by atoms with E-state index in [1.165, 1.54) is 0 Å². The topological polar surface area (TPSA) is 51.2 Å². The fourth-order valence-corrected chi connectivity index (χ4v) is 2.23. The molecule has 0 aliphatic rings. The number of hydrogen-bond donors (Lipinski definition) is 1. The Bertz CT molecular complexity index is 659. The number of hydrogen-bond acceptors (Lipinski definition) is 3. The van der Waals surface area contributed by atoms with E-state index in [9.17, 15) is 4.79 Å². The van der Waals surface area contributed by atoms with Crippen LogP contribution < -0.4 is 10.1 Å². The van der Waals surface area contributed by atoms with E-state index >= 15 is 0 Å². The van der Waals surface area contributed by atoms with Crippen molar-refractivity contribution >= 4 is 23.3 Å². The van der Waals surface area contributed by atoms with E-state index < -0.39 is 0 Å². The lowest BCUT2D eigenvalue weighted by Gasteiger charge is -2.10. The molecule has 0 fully saturated rings. The molecule has 0 saturated carbocycles. The second kappa shape index (κ2) is 7.80. The van der Waals surface area contributed by atoms with E-state index in [0.29, 0.717) is 30.3 Å². The molecule has 1 heterocycles. The van der Waals surface area contributed by atoms with E-state index in [0.717, 1.165) is 16.9 Å². The summed E-state index contributed by atoms with van der Waals surface area (Å²) in [5.74, 6) is 1.35. The highest BCUT2D eigenvalue weighted by Gasteiger charge is 2.06. The lowest BCUT2D eigenvalue weighted by atomic mass is 10.2. The number of carbonyl (C=O) groups is 1. The van der Waals surface area contributed by atoms with E-state index in [4.69, 9.17) is 16.3 Å². The molecule has 116 valence electrons. The summed E-state index contributed by atoms with van der Waals surface area (Å²) in [7, 11) is 0. The van der Waals surface area contributed by atoms with Crippen LogP contribution in [0, 0.1) is 13.8 Å². The molecule has 0 unspecified atom stereocenters. The van der Waals surface area contributed by atoms with Crippen molar-refractivity contribution in [1.82, 2.24) is 4.98 Å². The molecule has 0 aliphatic carbocycles. The Kier molecular flexibility index (Phi) is 5.78. The first-order chi connectivity index (χ1) is 10.6. The smallest absolute Gasteiger partial charge is 0.225 e. The number of aryl methyl sites for hydroxylation is 2. The zero-order valence-corrected chi connectivity index (χ0v) is 13.5. The van der Waals surface area contributed by atoms with Crippen LogP contribution in [0.4, 0.5) is 5.82 Å². The fraction of sp³-hybridized carbons (Fsp3) is 0.294. The Morgan fingerprint density at radius 1 is 1.27 bits per heavy atom. The third-order valence-electron chi connectivity index (χ3n) is 3.21. The Morgan fingerprint density at radius 2 is 2.09 bits per heavy atom. The number of nitrogens with zero attached hydrogens (tertiary/aromatic N) is 1. The van der Waals surface area contributed by atoms with E-state index in [2.05, 4.69) is 10.3 Å². The number of nitrogens with one attached hydrogen (secondary N) is 1. The van der Waals surface area contributed by atoms with Gasteiger partial charge in [-0.1, -0.05) is 17.7 Å². The number of anilines is 1. The zero-order chi connectivity index (χ0) is 15.9. The number of ether oxygens (including phenoxy) is 1. The minimum atomic E-state index is -0.0572. The summed E-state index contributed by atoms with van der Waals surface area (Å²) in [6, 6.07) is 9.24. The second-order valence-electron chi connectivity index (χ2n) is 5.08. The van der Waals surface area contributed by atoms with Gasteiger partial charge in [-0.2, -0.15) is 0 Å². The van der Waals surface area contributed by atoms with E-state index in [1.54, 1.807) is 12.3 Å². The monoisotopic (exact) mass is 318 g/mol. The highest BCUT2D eigenvalue weighted by molar-refractivity contribution is 6.30. The molecule has 1 aromatic heterocycles. The number of amides is 1. The first-order valence-electron chi connectivity index (χ1n) is 7.16. The van der Waals surface area contributed by atoms with Crippen LogP contribution in [0.3, 0.4) is 0 Å². The number of aromatic nitrogens is 1. The molecule has 22 heavy (non-hydrogen) atoms. The van der Waals surface area contributed by atoms with Gasteiger partial charge in [0, 0.05) is 17.6 Å². The zero-order valence-electron chi connectivity index (χ0n) is 12.7. The normalized spacial score (nSPS) is 10.3. The summed E-state index contributed by atoms with van der Waals surface area (Å²) in [5, 5.41) is 3.49. The van der Waals surface area contributed by atoms with Crippen molar-refractivity contribution in [3.05, 3.63) is 52.7 Å². The first-order valence-corrected chi connectivity index (χ1v) is 7.54. The minimum absolute atomic E-state index is 0.0572. The number of carbonyl (C=O) groups excluding carboxylic acids is 1. The van der Waals surface area contributed by atoms with Crippen LogP contribution in [0.25, 0.3) is 0 Å². The van der Waals surface area contributed by atoms with Crippen LogP contribution >= 0.6 is 11.6 Å². The Morgan fingerprint density at radius 3 is 2.82 bits per heavy atom. The molecule has 4 nitrogen and oxygen atoms in total. The SMILES string of the molecule is Cc1cc(Cl)ccc1OCCCC(=O)Nc1ncccc1C. The number of pyridine rings is 1. The summed E-state index contributed by atoms with van der Waals surface area (Å²) in [6.07, 6.45) is 2.69. The Balaban J connectivity index is 1.74. The standard InChI is InChI=1S/C17H19ClN2O2/c1-12-5-3-9-19-17(12)20-16(21)6-4-10-22-15-8-7-14(18)11-13(15)2/h3,5,7-9,11H,4,6,10H2,1-2H3,(H,19,20,21). The molecule has 0 bridgehead atoms. The summed E-state index contributed by atoms with van der Waals surface area (Å²) in [6.45, 7) is 4.34. The second-order valence-corrected chi connectivity index (χ2v) is 5.52. The van der Waals surface area contributed by atoms with Gasteiger partial charge in [0.05, 0.1) is 6.61 Å². The van der Waals surface area contributed by atoms with Crippen LogP contribution in [-0.2, 0) is 4.79 Å². The largest absolute Gasteiger partial charge is 0.493 e. The predicted molar refractivity (Wildman–Crippen MR) is 88.5 cm³/mol. The maximum absolute atomic E-state index is 11.9. The van der Waals surface area contributed by atoms with Crippen molar-refractivity contribution in [3.8, 4) is 5.75 Å². The van der Waals surface area contributed by atoms with Crippen LogP contribution in [0.15, 0.2) is 36.5 Å². The van der Waals surface area contributed by atoms with Gasteiger partial charge < -0.3 is 10.1 Å². The van der Waals surface area contributed by atoms with Crippen LogP contribution in [-0.4, -0.2) is 17.5 Å². The van der Waals surface area contributed by atoms with Gasteiger partial charge in [-0.15, -0.1) is 0 Å². The van der Waals surface area contributed by atoms with Crippen molar-refractivity contribution in [2.75, 3.05) is 11.9 Å².